The lowest BCUT2D eigenvalue weighted by Gasteiger charge is -2.20. The summed E-state index contributed by atoms with van der Waals surface area (Å²) >= 11 is 1.78. The lowest BCUT2D eigenvalue weighted by atomic mass is 10.1. The van der Waals surface area contributed by atoms with E-state index in [1.54, 1.807) is 11.8 Å². The van der Waals surface area contributed by atoms with Gasteiger partial charge in [0.25, 0.3) is 0 Å². The van der Waals surface area contributed by atoms with Crippen LogP contribution in [-0.4, -0.2) is 35.3 Å². The van der Waals surface area contributed by atoms with Gasteiger partial charge in [-0.15, -0.1) is 0 Å². The smallest absolute Gasteiger partial charge is 0.0521 e. The molecule has 0 aliphatic heterocycles. The quantitative estimate of drug-likeness (QED) is 0.617. The topological polar surface area (TPSA) is 32.3 Å². The third kappa shape index (κ3) is 10.3. The van der Waals surface area contributed by atoms with Gasteiger partial charge in [-0.05, 0) is 20.8 Å². The molecule has 0 saturated heterocycles. The fraction of sp³-hybridized carbons (Fsp3) is 1.00. The first-order chi connectivity index (χ1) is 5.06. The summed E-state index contributed by atoms with van der Waals surface area (Å²) < 4.78 is 0. The fourth-order valence-electron chi connectivity index (χ4n) is 0.665. The van der Waals surface area contributed by atoms with Crippen molar-refractivity contribution in [1.82, 2.24) is 5.32 Å². The molecular formula is C8H19NOS. The zero-order valence-electron chi connectivity index (χ0n) is 7.68. The fourth-order valence-corrected chi connectivity index (χ4v) is 1.24. The van der Waals surface area contributed by atoms with E-state index in [0.29, 0.717) is 6.61 Å². The van der Waals surface area contributed by atoms with Crippen LogP contribution in [0.15, 0.2) is 0 Å². The molecule has 0 amide bonds. The van der Waals surface area contributed by atoms with Crippen LogP contribution in [0.25, 0.3) is 0 Å². The number of aliphatic hydroxyl groups excluding tert-OH is 1. The highest BCUT2D eigenvalue weighted by atomic mass is 32.2. The van der Waals surface area contributed by atoms with E-state index < -0.39 is 0 Å². The summed E-state index contributed by atoms with van der Waals surface area (Å²) in [6.07, 6.45) is 0. The molecule has 0 saturated carbocycles. The molecule has 3 heteroatoms. The summed E-state index contributed by atoms with van der Waals surface area (Å²) in [4.78, 5) is 0. The second-order valence-electron chi connectivity index (χ2n) is 3.51. The molecule has 0 atom stereocenters. The van der Waals surface area contributed by atoms with Crippen LogP contribution in [0.4, 0.5) is 0 Å². The highest BCUT2D eigenvalue weighted by Gasteiger charge is 2.06. The highest BCUT2D eigenvalue weighted by Crippen LogP contribution is 2.00. The molecule has 0 unspecified atom stereocenters. The summed E-state index contributed by atoms with van der Waals surface area (Å²) in [6.45, 7) is 7.78. The lowest BCUT2D eigenvalue weighted by molar-refractivity contribution is 0.322. The SMILES string of the molecule is CC(C)(C)NCCSCCO. The van der Waals surface area contributed by atoms with Gasteiger partial charge >= 0.3 is 0 Å². The van der Waals surface area contributed by atoms with E-state index in [1.165, 1.54) is 0 Å². The maximum absolute atomic E-state index is 8.48. The monoisotopic (exact) mass is 177 g/mol. The molecule has 0 spiro atoms. The van der Waals surface area contributed by atoms with Gasteiger partial charge in [0.2, 0.25) is 0 Å². The molecule has 68 valence electrons. The summed E-state index contributed by atoms with van der Waals surface area (Å²) in [5, 5.41) is 11.9. The molecule has 0 bridgehead atoms. The van der Waals surface area contributed by atoms with Crippen LogP contribution in [0, 0.1) is 0 Å². The Bertz CT molecular complexity index is 90.6. The Kier molecular flexibility index (Phi) is 6.01. The lowest BCUT2D eigenvalue weighted by Crippen LogP contribution is -2.37. The van der Waals surface area contributed by atoms with E-state index >= 15 is 0 Å². The molecular weight excluding hydrogens is 158 g/mol. The number of aliphatic hydroxyl groups is 1. The van der Waals surface area contributed by atoms with Gasteiger partial charge in [0.15, 0.2) is 0 Å². The standard InChI is InChI=1S/C8H19NOS/c1-8(2,3)9-4-6-11-7-5-10/h9-10H,4-7H2,1-3H3. The van der Waals surface area contributed by atoms with E-state index in [2.05, 4.69) is 26.1 Å². The Morgan fingerprint density at radius 2 is 1.91 bits per heavy atom. The zero-order valence-corrected chi connectivity index (χ0v) is 8.50. The van der Waals surface area contributed by atoms with Crippen LogP contribution in [0.2, 0.25) is 0 Å². The van der Waals surface area contributed by atoms with Crippen molar-refractivity contribution in [3.63, 3.8) is 0 Å². The van der Waals surface area contributed by atoms with Crippen LogP contribution >= 0.6 is 11.8 Å². The molecule has 0 rings (SSSR count). The minimum Gasteiger partial charge on any atom is -0.396 e. The summed E-state index contributed by atoms with van der Waals surface area (Å²) in [5.74, 6) is 1.93. The third-order valence-electron chi connectivity index (χ3n) is 1.14. The van der Waals surface area contributed by atoms with Gasteiger partial charge < -0.3 is 10.4 Å². The first-order valence-electron chi connectivity index (χ1n) is 4.00. The minimum atomic E-state index is 0.222. The van der Waals surface area contributed by atoms with Crippen LogP contribution in [0.5, 0.6) is 0 Å². The molecule has 0 aromatic heterocycles. The van der Waals surface area contributed by atoms with Crippen molar-refractivity contribution >= 4 is 11.8 Å². The number of thioether (sulfide) groups is 1. The summed E-state index contributed by atoms with van der Waals surface area (Å²) in [7, 11) is 0. The predicted molar refractivity (Wildman–Crippen MR) is 52.2 cm³/mol. The van der Waals surface area contributed by atoms with E-state index in [-0.39, 0.29) is 5.54 Å². The largest absolute Gasteiger partial charge is 0.396 e. The van der Waals surface area contributed by atoms with Crippen molar-refractivity contribution in [2.45, 2.75) is 26.3 Å². The molecule has 11 heavy (non-hydrogen) atoms. The van der Waals surface area contributed by atoms with Crippen molar-refractivity contribution in [3.05, 3.63) is 0 Å². The van der Waals surface area contributed by atoms with Gasteiger partial charge in [-0.3, -0.25) is 0 Å². The molecule has 0 fully saturated rings. The van der Waals surface area contributed by atoms with Gasteiger partial charge in [-0.1, -0.05) is 0 Å². The van der Waals surface area contributed by atoms with Crippen molar-refractivity contribution < 1.29 is 5.11 Å². The van der Waals surface area contributed by atoms with Crippen LogP contribution in [0.1, 0.15) is 20.8 Å². The second-order valence-corrected chi connectivity index (χ2v) is 4.74. The first kappa shape index (κ1) is 11.3. The van der Waals surface area contributed by atoms with Crippen LogP contribution in [-0.2, 0) is 0 Å². The maximum Gasteiger partial charge on any atom is 0.0521 e. The van der Waals surface area contributed by atoms with Gasteiger partial charge in [0.05, 0.1) is 6.61 Å². The van der Waals surface area contributed by atoms with Crippen LogP contribution < -0.4 is 5.32 Å². The predicted octanol–water partition coefficient (Wildman–Crippen LogP) is 1.10. The molecule has 0 radical (unpaired) electrons. The van der Waals surface area contributed by atoms with Gasteiger partial charge in [0, 0.05) is 23.6 Å². The maximum atomic E-state index is 8.48. The van der Waals surface area contributed by atoms with E-state index in [1.807, 2.05) is 0 Å². The van der Waals surface area contributed by atoms with Crippen molar-refractivity contribution in [1.29, 1.82) is 0 Å². The van der Waals surface area contributed by atoms with Crippen molar-refractivity contribution in [3.8, 4) is 0 Å². The number of hydrogen-bond acceptors (Lipinski definition) is 3. The van der Waals surface area contributed by atoms with Gasteiger partial charge in [-0.2, -0.15) is 11.8 Å². The molecule has 0 aliphatic carbocycles. The number of hydrogen-bond donors (Lipinski definition) is 2. The average Bonchev–Trinajstić information content (AvgIpc) is 1.85. The molecule has 2 N–H and O–H groups in total. The van der Waals surface area contributed by atoms with Gasteiger partial charge in [0.1, 0.15) is 0 Å². The summed E-state index contributed by atoms with van der Waals surface area (Å²) in [6, 6.07) is 0. The molecule has 0 aromatic carbocycles. The van der Waals surface area contributed by atoms with Crippen molar-refractivity contribution in [2.24, 2.45) is 0 Å². The Morgan fingerprint density at radius 1 is 1.27 bits per heavy atom. The van der Waals surface area contributed by atoms with Gasteiger partial charge in [-0.25, -0.2) is 0 Å². The Hall–Kier alpha value is 0.270. The Labute approximate surface area is 73.8 Å². The minimum absolute atomic E-state index is 0.222. The molecule has 0 heterocycles. The van der Waals surface area contributed by atoms with E-state index in [9.17, 15) is 0 Å². The molecule has 2 nitrogen and oxygen atoms in total. The summed E-state index contributed by atoms with van der Waals surface area (Å²) in [5.41, 5.74) is 0.222. The van der Waals surface area contributed by atoms with Crippen molar-refractivity contribution in [2.75, 3.05) is 24.7 Å². The second kappa shape index (κ2) is 5.86. The third-order valence-corrected chi connectivity index (χ3v) is 2.10. The highest BCUT2D eigenvalue weighted by molar-refractivity contribution is 7.99. The number of nitrogens with one attached hydrogen (secondary N) is 1. The number of rotatable bonds is 5. The average molecular weight is 177 g/mol. The molecule has 0 aromatic rings. The Morgan fingerprint density at radius 3 is 2.36 bits per heavy atom. The first-order valence-corrected chi connectivity index (χ1v) is 5.15. The van der Waals surface area contributed by atoms with Crippen LogP contribution in [0.3, 0.4) is 0 Å². The Balaban J connectivity index is 3.02. The van der Waals surface area contributed by atoms with E-state index in [0.717, 1.165) is 18.1 Å². The molecule has 0 aliphatic rings. The van der Waals surface area contributed by atoms with E-state index in [4.69, 9.17) is 5.11 Å². The zero-order chi connectivity index (χ0) is 8.74. The normalized spacial score (nSPS) is 12.0.